The summed E-state index contributed by atoms with van der Waals surface area (Å²) in [5.74, 6) is -0.380. The fraction of sp³-hybridized carbons (Fsp3) is 0.375. The predicted octanol–water partition coefficient (Wildman–Crippen LogP) is 1.01. The van der Waals surface area contributed by atoms with E-state index in [2.05, 4.69) is 4.98 Å². The van der Waals surface area contributed by atoms with Crippen molar-refractivity contribution in [2.75, 3.05) is 0 Å². The predicted molar refractivity (Wildman–Crippen MR) is 51.6 cm³/mol. The van der Waals surface area contributed by atoms with Crippen LogP contribution < -0.4 is 11.3 Å². The van der Waals surface area contributed by atoms with Crippen LogP contribution in [0.1, 0.15) is 16.8 Å². The van der Waals surface area contributed by atoms with Gasteiger partial charge in [0.2, 0.25) is 0 Å². The van der Waals surface area contributed by atoms with Gasteiger partial charge in [0.25, 0.3) is 5.56 Å². The van der Waals surface area contributed by atoms with Gasteiger partial charge in [0.1, 0.15) is 5.82 Å². The van der Waals surface area contributed by atoms with Crippen LogP contribution in [0.5, 0.6) is 0 Å². The highest BCUT2D eigenvalue weighted by Crippen LogP contribution is 2.09. The number of rotatable bonds is 1. The molecule has 3 N–H and O–H groups in total. The Kier molecular flexibility index (Phi) is 4.10. The largest absolute Gasteiger partial charge is 0.326 e. The van der Waals surface area contributed by atoms with Gasteiger partial charge in [0.05, 0.1) is 5.69 Å². The van der Waals surface area contributed by atoms with Gasteiger partial charge in [-0.1, -0.05) is 0 Å². The van der Waals surface area contributed by atoms with Crippen molar-refractivity contribution in [3.8, 4) is 0 Å². The summed E-state index contributed by atoms with van der Waals surface area (Å²) in [6, 6.07) is 0. The number of aromatic amines is 1. The highest BCUT2D eigenvalue weighted by molar-refractivity contribution is 5.85. The van der Waals surface area contributed by atoms with Gasteiger partial charge in [-0.15, -0.1) is 12.4 Å². The standard InChI is InChI=1S/C8H11FN2O.ClH/c1-4-6(3-10)8(12)11-5(2)7(4)9;/h3,10H2,1-2H3,(H,11,12);1H. The lowest BCUT2D eigenvalue weighted by Gasteiger charge is -2.04. The van der Waals surface area contributed by atoms with Gasteiger partial charge in [-0.3, -0.25) is 4.79 Å². The molecular formula is C8H12ClFN2O. The Bertz CT molecular complexity index is 362. The lowest BCUT2D eigenvalue weighted by atomic mass is 10.1. The summed E-state index contributed by atoms with van der Waals surface area (Å²) in [6.07, 6.45) is 0. The van der Waals surface area contributed by atoms with E-state index in [-0.39, 0.29) is 36.0 Å². The zero-order chi connectivity index (χ0) is 9.30. The van der Waals surface area contributed by atoms with Gasteiger partial charge in [0, 0.05) is 12.1 Å². The highest BCUT2D eigenvalue weighted by atomic mass is 35.5. The van der Waals surface area contributed by atoms with E-state index in [9.17, 15) is 9.18 Å². The van der Waals surface area contributed by atoms with Crippen LogP contribution in [0.2, 0.25) is 0 Å². The van der Waals surface area contributed by atoms with E-state index in [1.807, 2.05) is 0 Å². The van der Waals surface area contributed by atoms with E-state index in [0.29, 0.717) is 11.1 Å². The maximum atomic E-state index is 13.1. The van der Waals surface area contributed by atoms with Gasteiger partial charge in [-0.05, 0) is 19.4 Å². The Morgan fingerprint density at radius 2 is 2.00 bits per heavy atom. The SMILES string of the molecule is Cc1[nH]c(=O)c(CN)c(C)c1F.Cl. The number of H-pyrrole nitrogens is 1. The van der Waals surface area contributed by atoms with E-state index >= 15 is 0 Å². The molecule has 1 aromatic heterocycles. The number of nitrogens with two attached hydrogens (primary N) is 1. The van der Waals surface area contributed by atoms with Crippen LogP contribution in [-0.2, 0) is 6.54 Å². The van der Waals surface area contributed by atoms with Crippen LogP contribution in [0.15, 0.2) is 4.79 Å². The molecule has 0 amide bonds. The highest BCUT2D eigenvalue weighted by Gasteiger charge is 2.09. The maximum absolute atomic E-state index is 13.1. The van der Waals surface area contributed by atoms with Gasteiger partial charge in [0.15, 0.2) is 0 Å². The molecule has 3 nitrogen and oxygen atoms in total. The minimum absolute atomic E-state index is 0. The first-order valence-electron chi connectivity index (χ1n) is 3.65. The average Bonchev–Trinajstić information content (AvgIpc) is 2.01. The van der Waals surface area contributed by atoms with E-state index < -0.39 is 0 Å². The summed E-state index contributed by atoms with van der Waals surface area (Å²) >= 11 is 0. The monoisotopic (exact) mass is 206 g/mol. The Morgan fingerprint density at radius 3 is 2.46 bits per heavy atom. The van der Waals surface area contributed by atoms with Crippen molar-refractivity contribution in [3.05, 3.63) is 33.0 Å². The van der Waals surface area contributed by atoms with Crippen LogP contribution in [0.4, 0.5) is 4.39 Å². The van der Waals surface area contributed by atoms with Gasteiger partial charge >= 0.3 is 0 Å². The van der Waals surface area contributed by atoms with Crippen molar-refractivity contribution < 1.29 is 4.39 Å². The third kappa shape index (κ3) is 2.08. The first kappa shape index (κ1) is 12.1. The molecule has 0 spiro atoms. The van der Waals surface area contributed by atoms with Crippen molar-refractivity contribution in [3.63, 3.8) is 0 Å². The zero-order valence-electron chi connectivity index (χ0n) is 7.48. The molecule has 0 radical (unpaired) electrons. The molecule has 74 valence electrons. The van der Waals surface area contributed by atoms with E-state index in [1.165, 1.54) is 6.92 Å². The Morgan fingerprint density at radius 1 is 1.46 bits per heavy atom. The molecule has 0 aliphatic rings. The number of halogens is 2. The van der Waals surface area contributed by atoms with Crippen LogP contribution in [0, 0.1) is 19.7 Å². The van der Waals surface area contributed by atoms with Crippen LogP contribution in [-0.4, -0.2) is 4.98 Å². The lowest BCUT2D eigenvalue weighted by Crippen LogP contribution is -2.20. The molecule has 0 aliphatic carbocycles. The normalized spacial score (nSPS) is 9.54. The molecule has 1 heterocycles. The second-order valence-electron chi connectivity index (χ2n) is 2.70. The van der Waals surface area contributed by atoms with Crippen LogP contribution >= 0.6 is 12.4 Å². The number of hydrogen-bond donors (Lipinski definition) is 2. The second-order valence-corrected chi connectivity index (χ2v) is 2.70. The molecule has 0 aromatic carbocycles. The maximum Gasteiger partial charge on any atom is 0.253 e. The topological polar surface area (TPSA) is 58.9 Å². The van der Waals surface area contributed by atoms with E-state index in [1.54, 1.807) is 6.92 Å². The summed E-state index contributed by atoms with van der Waals surface area (Å²) in [4.78, 5) is 13.5. The summed E-state index contributed by atoms with van der Waals surface area (Å²) in [7, 11) is 0. The molecule has 1 rings (SSSR count). The van der Waals surface area contributed by atoms with Gasteiger partial charge in [-0.25, -0.2) is 4.39 Å². The molecule has 13 heavy (non-hydrogen) atoms. The summed E-state index contributed by atoms with van der Waals surface area (Å²) in [6.45, 7) is 3.14. The van der Waals surface area contributed by atoms with Crippen LogP contribution in [0.25, 0.3) is 0 Å². The van der Waals surface area contributed by atoms with Gasteiger partial charge < -0.3 is 10.7 Å². The molecule has 0 fully saturated rings. The number of aromatic nitrogens is 1. The molecule has 0 atom stereocenters. The number of nitrogens with one attached hydrogen (secondary N) is 1. The van der Waals surface area contributed by atoms with Crippen LogP contribution in [0.3, 0.4) is 0 Å². The molecule has 0 aliphatic heterocycles. The van der Waals surface area contributed by atoms with Crippen molar-refractivity contribution in [1.29, 1.82) is 0 Å². The summed E-state index contributed by atoms with van der Waals surface area (Å²) < 4.78 is 13.1. The van der Waals surface area contributed by atoms with E-state index in [4.69, 9.17) is 5.73 Å². The number of hydrogen-bond acceptors (Lipinski definition) is 2. The first-order valence-corrected chi connectivity index (χ1v) is 3.65. The Hall–Kier alpha value is -0.870. The molecule has 0 unspecified atom stereocenters. The Labute approximate surface area is 81.6 Å². The zero-order valence-corrected chi connectivity index (χ0v) is 8.30. The summed E-state index contributed by atoms with van der Waals surface area (Å²) in [5, 5.41) is 0. The quantitative estimate of drug-likeness (QED) is 0.721. The van der Waals surface area contributed by atoms with Crippen molar-refractivity contribution in [1.82, 2.24) is 4.98 Å². The smallest absolute Gasteiger partial charge is 0.253 e. The molecule has 0 saturated carbocycles. The van der Waals surface area contributed by atoms with Crippen molar-refractivity contribution >= 4 is 12.4 Å². The van der Waals surface area contributed by atoms with E-state index in [0.717, 1.165) is 0 Å². The molecular weight excluding hydrogens is 195 g/mol. The Balaban J connectivity index is 0.00000144. The minimum Gasteiger partial charge on any atom is -0.326 e. The van der Waals surface area contributed by atoms with Crippen molar-refractivity contribution in [2.24, 2.45) is 5.73 Å². The van der Waals surface area contributed by atoms with Crippen molar-refractivity contribution in [2.45, 2.75) is 20.4 Å². The molecule has 0 saturated heterocycles. The average molecular weight is 207 g/mol. The second kappa shape index (κ2) is 4.39. The minimum atomic E-state index is -0.380. The third-order valence-electron chi connectivity index (χ3n) is 1.89. The van der Waals surface area contributed by atoms with Gasteiger partial charge in [-0.2, -0.15) is 0 Å². The first-order chi connectivity index (χ1) is 5.57. The lowest BCUT2D eigenvalue weighted by molar-refractivity contribution is 0.594. The molecule has 0 bridgehead atoms. The fourth-order valence-corrected chi connectivity index (χ4v) is 1.13. The number of aryl methyl sites for hydroxylation is 1. The fourth-order valence-electron chi connectivity index (χ4n) is 1.13. The third-order valence-corrected chi connectivity index (χ3v) is 1.89. The number of pyridine rings is 1. The molecule has 5 heteroatoms. The molecule has 1 aromatic rings. The summed E-state index contributed by atoms with van der Waals surface area (Å²) in [5.41, 5.74) is 5.91.